The zero-order chi connectivity index (χ0) is 14.1. The highest BCUT2D eigenvalue weighted by atomic mass is 32.1. The number of ether oxygens (including phenoxy) is 1. The van der Waals surface area contributed by atoms with Gasteiger partial charge in [0.25, 0.3) is 0 Å². The van der Waals surface area contributed by atoms with E-state index in [1.54, 1.807) is 0 Å². The predicted octanol–water partition coefficient (Wildman–Crippen LogP) is 3.25. The molecule has 0 bridgehead atoms. The van der Waals surface area contributed by atoms with Crippen molar-refractivity contribution in [3.05, 3.63) is 29.3 Å². The maximum absolute atomic E-state index is 5.74. The minimum Gasteiger partial charge on any atom is -0.389 e. The molecule has 0 radical (unpaired) electrons. The highest BCUT2D eigenvalue weighted by molar-refractivity contribution is 7.80. The number of rotatable bonds is 9. The summed E-state index contributed by atoms with van der Waals surface area (Å²) in [6, 6.07) is 5.99. The van der Waals surface area contributed by atoms with Crippen LogP contribution in [0.25, 0.3) is 0 Å². The summed E-state index contributed by atoms with van der Waals surface area (Å²) in [4.78, 5) is 0.436. The summed E-state index contributed by atoms with van der Waals surface area (Å²) < 4.78 is 5.53. The fourth-order valence-corrected chi connectivity index (χ4v) is 2.01. The van der Waals surface area contributed by atoms with Crippen molar-refractivity contribution >= 4 is 22.9 Å². The molecule has 0 aromatic heterocycles. The minimum absolute atomic E-state index is 0.436. The van der Waals surface area contributed by atoms with Crippen LogP contribution in [0, 0.1) is 6.92 Å². The molecule has 3 N–H and O–H groups in total. The average Bonchev–Trinajstić information content (AvgIpc) is 2.39. The number of nitrogens with two attached hydrogens (primary N) is 1. The quantitative estimate of drug-likeness (QED) is 0.538. The first-order chi connectivity index (χ1) is 9.16. The third-order valence-electron chi connectivity index (χ3n) is 2.95. The molecule has 0 fully saturated rings. The summed E-state index contributed by atoms with van der Waals surface area (Å²) in [5.41, 5.74) is 8.86. The van der Waals surface area contributed by atoms with Gasteiger partial charge in [0, 0.05) is 31.0 Å². The Hall–Kier alpha value is -1.13. The Morgan fingerprint density at radius 2 is 2.05 bits per heavy atom. The Morgan fingerprint density at radius 1 is 1.32 bits per heavy atom. The van der Waals surface area contributed by atoms with Crippen molar-refractivity contribution in [2.24, 2.45) is 5.73 Å². The van der Waals surface area contributed by atoms with Gasteiger partial charge in [0.1, 0.15) is 4.99 Å². The van der Waals surface area contributed by atoms with E-state index in [1.807, 2.05) is 12.1 Å². The maximum Gasteiger partial charge on any atom is 0.106 e. The minimum atomic E-state index is 0.436. The lowest BCUT2D eigenvalue weighted by Gasteiger charge is -2.14. The molecule has 0 aliphatic carbocycles. The van der Waals surface area contributed by atoms with Gasteiger partial charge in [-0.2, -0.15) is 0 Å². The maximum atomic E-state index is 5.74. The molecule has 1 aromatic carbocycles. The van der Waals surface area contributed by atoms with Crippen molar-refractivity contribution in [1.82, 2.24) is 0 Å². The summed E-state index contributed by atoms with van der Waals surface area (Å²) in [6.45, 7) is 6.75. The second kappa shape index (κ2) is 8.88. The molecule has 1 rings (SSSR count). The van der Waals surface area contributed by atoms with Crippen molar-refractivity contribution in [2.75, 3.05) is 25.1 Å². The molecular formula is C15H24N2OS. The van der Waals surface area contributed by atoms with E-state index in [2.05, 4.69) is 25.2 Å². The Morgan fingerprint density at radius 3 is 2.74 bits per heavy atom. The molecule has 19 heavy (non-hydrogen) atoms. The fourth-order valence-electron chi connectivity index (χ4n) is 1.84. The van der Waals surface area contributed by atoms with Crippen LogP contribution in [0.15, 0.2) is 18.2 Å². The van der Waals surface area contributed by atoms with Gasteiger partial charge in [-0.3, -0.25) is 0 Å². The van der Waals surface area contributed by atoms with Crippen molar-refractivity contribution < 1.29 is 4.74 Å². The molecule has 3 nitrogen and oxygen atoms in total. The van der Waals surface area contributed by atoms with Gasteiger partial charge < -0.3 is 15.8 Å². The summed E-state index contributed by atoms with van der Waals surface area (Å²) >= 11 is 5.07. The Balaban J connectivity index is 2.38. The van der Waals surface area contributed by atoms with E-state index >= 15 is 0 Å². The summed E-state index contributed by atoms with van der Waals surface area (Å²) in [5.74, 6) is 0. The lowest BCUT2D eigenvalue weighted by molar-refractivity contribution is 0.131. The third-order valence-corrected chi connectivity index (χ3v) is 3.17. The lowest BCUT2D eigenvalue weighted by atomic mass is 10.1. The number of hydrogen-bond acceptors (Lipinski definition) is 3. The monoisotopic (exact) mass is 280 g/mol. The predicted molar refractivity (Wildman–Crippen MR) is 85.9 cm³/mol. The Bertz CT molecular complexity index is 407. The van der Waals surface area contributed by atoms with Gasteiger partial charge in [0.15, 0.2) is 0 Å². The molecular weight excluding hydrogens is 256 g/mol. The number of unbranched alkanes of at least 4 members (excludes halogenated alkanes) is 1. The van der Waals surface area contributed by atoms with Crippen LogP contribution in [-0.2, 0) is 4.74 Å². The number of thiocarbonyl (C=S) groups is 1. The molecule has 0 atom stereocenters. The van der Waals surface area contributed by atoms with E-state index in [0.717, 1.165) is 49.4 Å². The van der Waals surface area contributed by atoms with Crippen LogP contribution in [0.3, 0.4) is 0 Å². The van der Waals surface area contributed by atoms with Gasteiger partial charge in [-0.1, -0.05) is 37.7 Å². The van der Waals surface area contributed by atoms with Gasteiger partial charge in [-0.15, -0.1) is 0 Å². The van der Waals surface area contributed by atoms with Crippen LogP contribution in [0.1, 0.15) is 37.3 Å². The first kappa shape index (κ1) is 15.9. The molecule has 4 heteroatoms. The second-order valence-electron chi connectivity index (χ2n) is 4.61. The number of anilines is 1. The SMILES string of the molecule is CCCCOCCCNc1c(C)cccc1C(N)=S. The van der Waals surface area contributed by atoms with E-state index in [4.69, 9.17) is 22.7 Å². The zero-order valence-electron chi connectivity index (χ0n) is 11.9. The van der Waals surface area contributed by atoms with Crippen LogP contribution in [0.2, 0.25) is 0 Å². The Kier molecular flexibility index (Phi) is 7.45. The van der Waals surface area contributed by atoms with Crippen LogP contribution in [0.5, 0.6) is 0 Å². The number of hydrogen-bond donors (Lipinski definition) is 2. The highest BCUT2D eigenvalue weighted by Gasteiger charge is 2.06. The van der Waals surface area contributed by atoms with Gasteiger partial charge in [0.2, 0.25) is 0 Å². The smallest absolute Gasteiger partial charge is 0.106 e. The summed E-state index contributed by atoms with van der Waals surface area (Å²) in [5, 5.41) is 3.41. The van der Waals surface area contributed by atoms with Gasteiger partial charge >= 0.3 is 0 Å². The first-order valence-electron chi connectivity index (χ1n) is 6.87. The molecule has 0 saturated heterocycles. The summed E-state index contributed by atoms with van der Waals surface area (Å²) in [7, 11) is 0. The van der Waals surface area contributed by atoms with E-state index in [9.17, 15) is 0 Å². The van der Waals surface area contributed by atoms with Crippen molar-refractivity contribution in [2.45, 2.75) is 33.1 Å². The highest BCUT2D eigenvalue weighted by Crippen LogP contribution is 2.20. The largest absolute Gasteiger partial charge is 0.389 e. The molecule has 1 aromatic rings. The molecule has 0 aliphatic rings. The van der Waals surface area contributed by atoms with Crippen LogP contribution in [-0.4, -0.2) is 24.7 Å². The molecule has 0 heterocycles. The van der Waals surface area contributed by atoms with Crippen molar-refractivity contribution in [3.63, 3.8) is 0 Å². The molecule has 0 unspecified atom stereocenters. The standard InChI is InChI=1S/C15H24N2OS/c1-3-4-10-18-11-6-9-17-14-12(2)7-5-8-13(14)15(16)19/h5,7-8,17H,3-4,6,9-11H2,1-2H3,(H2,16,19). The Labute approximate surface area is 121 Å². The number of aryl methyl sites for hydroxylation is 1. The normalized spacial score (nSPS) is 10.4. The van der Waals surface area contributed by atoms with Crippen LogP contribution in [0.4, 0.5) is 5.69 Å². The molecule has 106 valence electrons. The van der Waals surface area contributed by atoms with E-state index in [0.29, 0.717) is 4.99 Å². The molecule has 0 spiro atoms. The van der Waals surface area contributed by atoms with Crippen LogP contribution < -0.4 is 11.1 Å². The van der Waals surface area contributed by atoms with Gasteiger partial charge in [-0.25, -0.2) is 0 Å². The number of nitrogens with one attached hydrogen (secondary N) is 1. The lowest BCUT2D eigenvalue weighted by Crippen LogP contribution is -2.15. The zero-order valence-corrected chi connectivity index (χ0v) is 12.7. The van der Waals surface area contributed by atoms with E-state index < -0.39 is 0 Å². The number of benzene rings is 1. The molecule has 0 aliphatic heterocycles. The van der Waals surface area contributed by atoms with Crippen molar-refractivity contribution in [1.29, 1.82) is 0 Å². The first-order valence-corrected chi connectivity index (χ1v) is 7.28. The van der Waals surface area contributed by atoms with Gasteiger partial charge in [-0.05, 0) is 31.4 Å². The fraction of sp³-hybridized carbons (Fsp3) is 0.533. The number of para-hydroxylation sites is 1. The topological polar surface area (TPSA) is 47.3 Å². The second-order valence-corrected chi connectivity index (χ2v) is 5.05. The van der Waals surface area contributed by atoms with Gasteiger partial charge in [0.05, 0.1) is 0 Å². The molecule has 0 amide bonds. The van der Waals surface area contributed by atoms with Crippen molar-refractivity contribution in [3.8, 4) is 0 Å². The third kappa shape index (κ3) is 5.57. The van der Waals surface area contributed by atoms with E-state index in [-0.39, 0.29) is 0 Å². The summed E-state index contributed by atoms with van der Waals surface area (Å²) in [6.07, 6.45) is 3.30. The average molecular weight is 280 g/mol. The molecule has 0 saturated carbocycles. The van der Waals surface area contributed by atoms with E-state index in [1.165, 1.54) is 6.42 Å². The van der Waals surface area contributed by atoms with Crippen LogP contribution >= 0.6 is 12.2 Å².